The quantitative estimate of drug-likeness (QED) is 0.656. The Morgan fingerprint density at radius 2 is 1.92 bits per heavy atom. The molecule has 25 heavy (non-hydrogen) atoms. The first-order valence-corrected chi connectivity index (χ1v) is 8.46. The van der Waals surface area contributed by atoms with Crippen molar-refractivity contribution in [1.82, 2.24) is 9.78 Å². The lowest BCUT2D eigenvalue weighted by atomic mass is 10.3. The maximum Gasteiger partial charge on any atom is 0.357 e. The largest absolute Gasteiger partial charge is 0.466 e. The number of carbonyl (C=O) groups excluding carboxylic acids is 2. The molecule has 3 rings (SSSR count). The van der Waals surface area contributed by atoms with E-state index in [-0.39, 0.29) is 5.69 Å². The number of esters is 2. The highest BCUT2D eigenvalue weighted by molar-refractivity contribution is 7.13. The zero-order valence-electron chi connectivity index (χ0n) is 13.7. The van der Waals surface area contributed by atoms with Gasteiger partial charge in [-0.1, -0.05) is 24.3 Å². The van der Waals surface area contributed by atoms with Gasteiger partial charge in [0.2, 0.25) is 0 Å². The normalized spacial score (nSPS) is 11.8. The van der Waals surface area contributed by atoms with E-state index in [2.05, 4.69) is 9.84 Å². The van der Waals surface area contributed by atoms with Gasteiger partial charge >= 0.3 is 11.9 Å². The summed E-state index contributed by atoms with van der Waals surface area (Å²) in [5.41, 5.74) is 1.63. The van der Waals surface area contributed by atoms with Crippen molar-refractivity contribution in [3.8, 4) is 16.3 Å². The summed E-state index contributed by atoms with van der Waals surface area (Å²) >= 11 is 1.53. The minimum atomic E-state index is -0.998. The van der Waals surface area contributed by atoms with Crippen LogP contribution in [0.15, 0.2) is 53.9 Å². The molecule has 7 heteroatoms. The van der Waals surface area contributed by atoms with Crippen LogP contribution in [0.3, 0.4) is 0 Å². The fourth-order valence-corrected chi connectivity index (χ4v) is 2.95. The van der Waals surface area contributed by atoms with Crippen LogP contribution in [-0.4, -0.2) is 34.9 Å². The van der Waals surface area contributed by atoms with Gasteiger partial charge in [0.05, 0.1) is 17.7 Å². The van der Waals surface area contributed by atoms with E-state index in [0.717, 1.165) is 10.6 Å². The van der Waals surface area contributed by atoms with Gasteiger partial charge in [-0.15, -0.1) is 11.3 Å². The van der Waals surface area contributed by atoms with Crippen LogP contribution in [0.1, 0.15) is 17.4 Å². The monoisotopic (exact) mass is 356 g/mol. The van der Waals surface area contributed by atoms with Crippen LogP contribution in [-0.2, 0) is 14.3 Å². The first-order valence-electron chi connectivity index (χ1n) is 7.58. The van der Waals surface area contributed by atoms with Crippen LogP contribution in [0, 0.1) is 0 Å². The Morgan fingerprint density at radius 3 is 2.56 bits per heavy atom. The van der Waals surface area contributed by atoms with E-state index in [0.29, 0.717) is 5.69 Å². The number of thiophene rings is 1. The van der Waals surface area contributed by atoms with Crippen LogP contribution < -0.4 is 0 Å². The fraction of sp³-hybridized carbons (Fsp3) is 0.167. The second kappa shape index (κ2) is 7.31. The molecule has 0 bridgehead atoms. The lowest BCUT2D eigenvalue weighted by molar-refractivity contribution is -0.149. The average Bonchev–Trinajstić information content (AvgIpc) is 3.31. The van der Waals surface area contributed by atoms with Gasteiger partial charge in [0, 0.05) is 6.07 Å². The Labute approximate surface area is 148 Å². The summed E-state index contributed by atoms with van der Waals surface area (Å²) < 4.78 is 11.3. The number of carbonyl (C=O) groups is 2. The molecule has 0 radical (unpaired) electrons. The van der Waals surface area contributed by atoms with Crippen LogP contribution in [0.25, 0.3) is 16.3 Å². The second-order valence-electron chi connectivity index (χ2n) is 5.21. The minimum absolute atomic E-state index is 0.241. The van der Waals surface area contributed by atoms with Crippen molar-refractivity contribution in [2.24, 2.45) is 0 Å². The standard InChI is InChI=1S/C18H16N2O4S/c1-12(17(21)23-2)24-18(22)15-11-14(16-9-6-10-25-16)19-20(15)13-7-4-3-5-8-13/h3-12H,1-2H3/t12-/m1/s1. The van der Waals surface area contributed by atoms with E-state index in [1.54, 1.807) is 6.07 Å². The molecule has 0 saturated heterocycles. The van der Waals surface area contributed by atoms with Crippen molar-refractivity contribution < 1.29 is 19.1 Å². The molecule has 0 aliphatic rings. The Balaban J connectivity index is 1.99. The molecule has 1 aromatic carbocycles. The van der Waals surface area contributed by atoms with Gasteiger partial charge in [-0.2, -0.15) is 5.10 Å². The number of para-hydroxylation sites is 1. The molecule has 0 spiro atoms. The third kappa shape index (κ3) is 3.61. The molecule has 128 valence electrons. The van der Waals surface area contributed by atoms with Crippen molar-refractivity contribution >= 4 is 23.3 Å². The molecule has 6 nitrogen and oxygen atoms in total. The summed E-state index contributed by atoms with van der Waals surface area (Å²) in [6.45, 7) is 1.47. The van der Waals surface area contributed by atoms with E-state index < -0.39 is 18.0 Å². The molecule has 0 saturated carbocycles. The molecule has 0 aliphatic carbocycles. The van der Waals surface area contributed by atoms with Crippen LogP contribution in [0.4, 0.5) is 0 Å². The van der Waals surface area contributed by atoms with Crippen molar-refractivity contribution in [2.75, 3.05) is 7.11 Å². The predicted octanol–water partition coefficient (Wildman–Crippen LogP) is 3.32. The van der Waals surface area contributed by atoms with Crippen LogP contribution in [0.5, 0.6) is 0 Å². The van der Waals surface area contributed by atoms with E-state index in [9.17, 15) is 9.59 Å². The number of methoxy groups -OCH3 is 1. The molecule has 0 amide bonds. The van der Waals surface area contributed by atoms with E-state index in [1.165, 1.54) is 30.1 Å². The Hall–Kier alpha value is -2.93. The van der Waals surface area contributed by atoms with Crippen LogP contribution >= 0.6 is 11.3 Å². The third-order valence-corrected chi connectivity index (χ3v) is 4.40. The minimum Gasteiger partial charge on any atom is -0.466 e. The maximum absolute atomic E-state index is 12.6. The predicted molar refractivity (Wildman–Crippen MR) is 93.8 cm³/mol. The van der Waals surface area contributed by atoms with Gasteiger partial charge in [-0.05, 0) is 30.5 Å². The topological polar surface area (TPSA) is 70.4 Å². The summed E-state index contributed by atoms with van der Waals surface area (Å²) in [5.74, 6) is -1.25. The third-order valence-electron chi connectivity index (χ3n) is 3.51. The van der Waals surface area contributed by atoms with Crippen molar-refractivity contribution in [3.05, 3.63) is 59.6 Å². The van der Waals surface area contributed by atoms with Gasteiger partial charge in [0.15, 0.2) is 11.8 Å². The van der Waals surface area contributed by atoms with Gasteiger partial charge in [-0.25, -0.2) is 14.3 Å². The van der Waals surface area contributed by atoms with E-state index >= 15 is 0 Å². The molecular weight excluding hydrogens is 340 g/mol. The Morgan fingerprint density at radius 1 is 1.16 bits per heavy atom. The Kier molecular flexibility index (Phi) is 4.95. The molecule has 1 atom stereocenters. The summed E-state index contributed by atoms with van der Waals surface area (Å²) in [7, 11) is 1.25. The molecule has 0 fully saturated rings. The van der Waals surface area contributed by atoms with Crippen molar-refractivity contribution in [3.63, 3.8) is 0 Å². The van der Waals surface area contributed by atoms with Crippen molar-refractivity contribution in [1.29, 1.82) is 0 Å². The van der Waals surface area contributed by atoms with Crippen LogP contribution in [0.2, 0.25) is 0 Å². The zero-order valence-corrected chi connectivity index (χ0v) is 14.5. The first-order chi connectivity index (χ1) is 12.1. The van der Waals surface area contributed by atoms with Crippen molar-refractivity contribution in [2.45, 2.75) is 13.0 Å². The molecule has 0 aliphatic heterocycles. The number of nitrogens with zero attached hydrogens (tertiary/aromatic N) is 2. The second-order valence-corrected chi connectivity index (χ2v) is 6.16. The molecule has 0 N–H and O–H groups in total. The highest BCUT2D eigenvalue weighted by atomic mass is 32.1. The van der Waals surface area contributed by atoms with Gasteiger partial charge < -0.3 is 9.47 Å². The number of hydrogen-bond acceptors (Lipinski definition) is 6. The average molecular weight is 356 g/mol. The number of hydrogen-bond donors (Lipinski definition) is 0. The number of benzene rings is 1. The van der Waals surface area contributed by atoms with E-state index in [4.69, 9.17) is 4.74 Å². The number of ether oxygens (including phenoxy) is 2. The van der Waals surface area contributed by atoms with Gasteiger partial charge in [0.25, 0.3) is 0 Å². The SMILES string of the molecule is COC(=O)[C@@H](C)OC(=O)c1cc(-c2cccs2)nn1-c1ccccc1. The highest BCUT2D eigenvalue weighted by Gasteiger charge is 2.24. The fourth-order valence-electron chi connectivity index (χ4n) is 2.27. The van der Waals surface area contributed by atoms with E-state index in [1.807, 2.05) is 47.8 Å². The molecule has 3 aromatic rings. The lowest BCUT2D eigenvalue weighted by Crippen LogP contribution is -2.26. The molecule has 2 heterocycles. The maximum atomic E-state index is 12.6. The molecular formula is C18H16N2O4S. The molecule has 0 unspecified atom stereocenters. The highest BCUT2D eigenvalue weighted by Crippen LogP contribution is 2.26. The van der Waals surface area contributed by atoms with Gasteiger partial charge in [0.1, 0.15) is 5.69 Å². The summed E-state index contributed by atoms with van der Waals surface area (Å²) in [4.78, 5) is 25.0. The lowest BCUT2D eigenvalue weighted by Gasteiger charge is -2.11. The number of rotatable bonds is 5. The number of aromatic nitrogens is 2. The summed E-state index contributed by atoms with van der Waals surface area (Å²) in [6.07, 6.45) is -0.998. The summed E-state index contributed by atoms with van der Waals surface area (Å²) in [6, 6.07) is 14.8. The summed E-state index contributed by atoms with van der Waals surface area (Å²) in [5, 5.41) is 6.47. The molecule has 2 aromatic heterocycles. The smallest absolute Gasteiger partial charge is 0.357 e. The first kappa shape index (κ1) is 16.9. The zero-order chi connectivity index (χ0) is 17.8. The Bertz CT molecular complexity index is 872. The van der Waals surface area contributed by atoms with Gasteiger partial charge in [-0.3, -0.25) is 0 Å².